The molecule has 1 aliphatic rings. The maximum Gasteiger partial charge on any atom is 0.132 e. The summed E-state index contributed by atoms with van der Waals surface area (Å²) in [5, 5.41) is 0. The van der Waals surface area contributed by atoms with Gasteiger partial charge in [-0.25, -0.2) is 0 Å². The van der Waals surface area contributed by atoms with Gasteiger partial charge in [-0.05, 0) is 29.2 Å². The average Bonchev–Trinajstić information content (AvgIpc) is 2.39. The number of benzene rings is 1. The Bertz CT molecular complexity index is 483. The smallest absolute Gasteiger partial charge is 0.132 e. The lowest BCUT2D eigenvalue weighted by atomic mass is 9.87. The van der Waals surface area contributed by atoms with Crippen LogP contribution in [0.1, 0.15) is 32.8 Å². The Morgan fingerprint density at radius 1 is 1.00 bits per heavy atom. The lowest BCUT2D eigenvalue weighted by Crippen LogP contribution is -2.49. The molecule has 0 radical (unpaired) electrons. The van der Waals surface area contributed by atoms with Crippen LogP contribution in [0.2, 0.25) is 0 Å². The van der Waals surface area contributed by atoms with Crippen LogP contribution in [0.25, 0.3) is 0 Å². The number of quaternary nitrogens is 1. The van der Waals surface area contributed by atoms with E-state index in [2.05, 4.69) is 83.4 Å². The van der Waals surface area contributed by atoms with Crippen molar-refractivity contribution in [2.45, 2.75) is 38.6 Å². The molecule has 0 spiro atoms. The Kier molecular flexibility index (Phi) is 3.69. The predicted octanol–water partition coefficient (Wildman–Crippen LogP) is 4.44. The topological polar surface area (TPSA) is 0 Å². The molecule has 1 unspecified atom stereocenters. The van der Waals surface area contributed by atoms with Gasteiger partial charge < -0.3 is 0 Å². The molecular formula is C18H26N+. The quantitative estimate of drug-likeness (QED) is 0.686. The minimum absolute atomic E-state index is 0.225. The van der Waals surface area contributed by atoms with Gasteiger partial charge in [-0.1, -0.05) is 51.1 Å². The van der Waals surface area contributed by atoms with Crippen molar-refractivity contribution in [1.29, 1.82) is 0 Å². The molecule has 1 nitrogen and oxygen atoms in total. The maximum absolute atomic E-state index is 2.32. The first-order chi connectivity index (χ1) is 8.82. The van der Waals surface area contributed by atoms with Crippen LogP contribution in [0.5, 0.6) is 0 Å². The van der Waals surface area contributed by atoms with E-state index in [1.807, 2.05) is 0 Å². The highest BCUT2D eigenvalue weighted by atomic mass is 15.3. The third-order valence-corrected chi connectivity index (χ3v) is 4.19. The molecule has 0 heterocycles. The summed E-state index contributed by atoms with van der Waals surface area (Å²) in [5.74, 6) is 0. The lowest BCUT2D eigenvalue weighted by Gasteiger charge is -2.36. The van der Waals surface area contributed by atoms with Crippen LogP contribution in [0.15, 0.2) is 48.6 Å². The van der Waals surface area contributed by atoms with Crippen molar-refractivity contribution in [2.24, 2.45) is 0 Å². The summed E-state index contributed by atoms with van der Waals surface area (Å²) in [5.41, 5.74) is 3.00. The van der Waals surface area contributed by atoms with Crippen molar-refractivity contribution in [3.63, 3.8) is 0 Å². The van der Waals surface area contributed by atoms with Gasteiger partial charge >= 0.3 is 0 Å². The highest BCUT2D eigenvalue weighted by Gasteiger charge is 2.28. The van der Waals surface area contributed by atoms with E-state index in [4.69, 9.17) is 0 Å². The normalized spacial score (nSPS) is 19.7. The third-order valence-electron chi connectivity index (χ3n) is 4.19. The number of likely N-dealkylation sites (N-methyl/N-ethyl adjacent to an activating group) is 1. The first-order valence-electron chi connectivity index (χ1n) is 7.10. The predicted molar refractivity (Wildman–Crippen MR) is 85.5 cm³/mol. The highest BCUT2D eigenvalue weighted by Crippen LogP contribution is 2.29. The number of allylic oxidation sites excluding steroid dienone is 2. The standard InChI is InChI=1S/C18H26N/c1-18(2,3)15-11-13-17(14-12-15)19(4,5)16-9-7-6-8-10-16/h6-9,11-14,16H,10H2,1-5H3/q+1. The van der Waals surface area contributed by atoms with Gasteiger partial charge in [0, 0.05) is 6.42 Å². The number of nitrogens with zero attached hydrogens (tertiary/aromatic N) is 1. The Morgan fingerprint density at radius 2 is 1.63 bits per heavy atom. The van der Waals surface area contributed by atoms with E-state index in [1.165, 1.54) is 11.3 Å². The van der Waals surface area contributed by atoms with Crippen molar-refractivity contribution in [3.8, 4) is 0 Å². The molecular weight excluding hydrogens is 230 g/mol. The van der Waals surface area contributed by atoms with Gasteiger partial charge in [0.2, 0.25) is 0 Å². The molecule has 1 aromatic carbocycles. The molecule has 0 fully saturated rings. The van der Waals surface area contributed by atoms with Crippen LogP contribution >= 0.6 is 0 Å². The molecule has 0 N–H and O–H groups in total. The van der Waals surface area contributed by atoms with Gasteiger partial charge in [0.1, 0.15) is 11.7 Å². The zero-order valence-corrected chi connectivity index (χ0v) is 12.9. The monoisotopic (exact) mass is 256 g/mol. The number of hydrogen-bond donors (Lipinski definition) is 0. The van der Waals surface area contributed by atoms with Gasteiger partial charge in [0.15, 0.2) is 0 Å². The van der Waals surface area contributed by atoms with E-state index in [-0.39, 0.29) is 5.41 Å². The summed E-state index contributed by atoms with van der Waals surface area (Å²) in [6.45, 7) is 6.78. The van der Waals surface area contributed by atoms with Crippen LogP contribution in [-0.2, 0) is 5.41 Å². The minimum Gasteiger partial charge on any atom is -0.290 e. The Morgan fingerprint density at radius 3 is 2.11 bits per heavy atom. The van der Waals surface area contributed by atoms with Crippen molar-refractivity contribution < 1.29 is 0 Å². The Balaban J connectivity index is 2.26. The van der Waals surface area contributed by atoms with Gasteiger partial charge in [-0.15, -0.1) is 0 Å². The largest absolute Gasteiger partial charge is 0.290 e. The molecule has 0 saturated heterocycles. The zero-order valence-electron chi connectivity index (χ0n) is 12.9. The van der Waals surface area contributed by atoms with Gasteiger partial charge in [0.05, 0.1) is 14.1 Å². The number of rotatable bonds is 2. The van der Waals surface area contributed by atoms with Crippen LogP contribution in [-0.4, -0.2) is 20.1 Å². The highest BCUT2D eigenvalue weighted by molar-refractivity contribution is 5.46. The second-order valence-electron chi connectivity index (χ2n) is 6.95. The van der Waals surface area contributed by atoms with Gasteiger partial charge in [0.25, 0.3) is 0 Å². The molecule has 0 bridgehead atoms. The summed E-state index contributed by atoms with van der Waals surface area (Å²) < 4.78 is 0.908. The van der Waals surface area contributed by atoms with Crippen LogP contribution in [0.4, 0.5) is 5.69 Å². The molecule has 0 aromatic heterocycles. The van der Waals surface area contributed by atoms with E-state index >= 15 is 0 Å². The summed E-state index contributed by atoms with van der Waals surface area (Å²) in [6.07, 6.45) is 9.99. The summed E-state index contributed by atoms with van der Waals surface area (Å²) in [4.78, 5) is 0. The number of hydrogen-bond acceptors (Lipinski definition) is 0. The van der Waals surface area contributed by atoms with Crippen molar-refractivity contribution >= 4 is 5.69 Å². The van der Waals surface area contributed by atoms with Crippen LogP contribution in [0, 0.1) is 0 Å². The van der Waals surface area contributed by atoms with Gasteiger partial charge in [-0.2, -0.15) is 0 Å². The fraction of sp³-hybridized carbons (Fsp3) is 0.444. The molecule has 19 heavy (non-hydrogen) atoms. The van der Waals surface area contributed by atoms with E-state index in [1.54, 1.807) is 0 Å². The van der Waals surface area contributed by atoms with Crippen molar-refractivity contribution in [1.82, 2.24) is 4.48 Å². The molecule has 0 aliphatic heterocycles. The SMILES string of the molecule is CC(C)(C)c1ccc([N+](C)(C)C2C=CC=CC2)cc1. The lowest BCUT2D eigenvalue weighted by molar-refractivity contribution is 0.337. The Labute approximate surface area is 117 Å². The molecule has 2 rings (SSSR count). The molecule has 1 atom stereocenters. The summed E-state index contributed by atoms with van der Waals surface area (Å²) in [7, 11) is 4.58. The molecule has 1 heteroatoms. The zero-order chi connectivity index (χ0) is 14.1. The first-order valence-corrected chi connectivity index (χ1v) is 7.10. The van der Waals surface area contributed by atoms with E-state index in [0.29, 0.717) is 6.04 Å². The van der Waals surface area contributed by atoms with E-state index in [0.717, 1.165) is 10.9 Å². The molecule has 0 saturated carbocycles. The third kappa shape index (κ3) is 2.98. The second kappa shape index (κ2) is 4.97. The van der Waals surface area contributed by atoms with Crippen molar-refractivity contribution in [3.05, 3.63) is 54.1 Å². The second-order valence-corrected chi connectivity index (χ2v) is 6.95. The summed E-state index contributed by atoms with van der Waals surface area (Å²) in [6, 6.07) is 9.65. The molecule has 1 aliphatic carbocycles. The Hall–Kier alpha value is -1.34. The van der Waals surface area contributed by atoms with E-state index in [9.17, 15) is 0 Å². The van der Waals surface area contributed by atoms with Crippen LogP contribution in [0.3, 0.4) is 0 Å². The maximum atomic E-state index is 2.32. The molecule has 1 aromatic rings. The molecule has 102 valence electrons. The van der Waals surface area contributed by atoms with Crippen molar-refractivity contribution in [2.75, 3.05) is 14.1 Å². The van der Waals surface area contributed by atoms with Crippen LogP contribution < -0.4 is 4.48 Å². The fourth-order valence-electron chi connectivity index (χ4n) is 2.58. The first kappa shape index (κ1) is 14.1. The minimum atomic E-state index is 0.225. The van der Waals surface area contributed by atoms with E-state index < -0.39 is 0 Å². The fourth-order valence-corrected chi connectivity index (χ4v) is 2.58. The average molecular weight is 256 g/mol. The summed E-state index contributed by atoms with van der Waals surface area (Å²) >= 11 is 0. The van der Waals surface area contributed by atoms with Gasteiger partial charge in [-0.3, -0.25) is 4.48 Å². The molecule has 0 amide bonds.